The smallest absolute Gasteiger partial charge is 0.187 e. The number of benzene rings is 6. The van der Waals surface area contributed by atoms with Crippen LogP contribution in [-0.4, -0.2) is 15.0 Å². The van der Waals surface area contributed by atoms with Crippen LogP contribution in [0.4, 0.5) is 5.69 Å². The summed E-state index contributed by atoms with van der Waals surface area (Å²) in [4.78, 5) is 18.7. The van der Waals surface area contributed by atoms with Gasteiger partial charge in [-0.05, 0) is 75.2 Å². The Morgan fingerprint density at radius 3 is 1.83 bits per heavy atom. The molecule has 7 aromatic rings. The normalized spacial score (nSPS) is 14.4. The molecule has 4 heteroatoms. The van der Waals surface area contributed by atoms with Crippen LogP contribution in [0.5, 0.6) is 0 Å². The molecular weight excluding hydrogens is 585 g/mol. The van der Waals surface area contributed by atoms with E-state index >= 15 is 0 Å². The first-order valence-electron chi connectivity index (χ1n) is 16.8. The molecule has 0 N–H and O–H groups in total. The lowest BCUT2D eigenvalue weighted by molar-refractivity contribution is 0.353. The molecule has 1 spiro atoms. The predicted octanol–water partition coefficient (Wildman–Crippen LogP) is 11.5. The van der Waals surface area contributed by atoms with Crippen molar-refractivity contribution in [3.05, 3.63) is 156 Å². The van der Waals surface area contributed by atoms with Gasteiger partial charge in [-0.3, -0.25) is 0 Å². The number of hydrogen-bond donors (Lipinski definition) is 0. The van der Waals surface area contributed by atoms with Crippen LogP contribution in [0.15, 0.2) is 133 Å². The van der Waals surface area contributed by atoms with Crippen LogP contribution < -0.4 is 0 Å². The summed E-state index contributed by atoms with van der Waals surface area (Å²) in [5.41, 5.74) is 11.4. The van der Waals surface area contributed by atoms with Crippen molar-refractivity contribution >= 4 is 16.5 Å². The molecule has 9 rings (SSSR count). The second-order valence-corrected chi connectivity index (χ2v) is 13.1. The van der Waals surface area contributed by atoms with Crippen molar-refractivity contribution in [3.63, 3.8) is 0 Å². The Bertz CT molecular complexity index is 2380. The summed E-state index contributed by atoms with van der Waals surface area (Å²) in [5, 5.41) is 2.34. The quantitative estimate of drug-likeness (QED) is 0.185. The highest BCUT2D eigenvalue weighted by Crippen LogP contribution is 2.57. The molecule has 1 fully saturated rings. The van der Waals surface area contributed by atoms with Crippen molar-refractivity contribution in [2.45, 2.75) is 37.5 Å². The van der Waals surface area contributed by atoms with Crippen LogP contribution in [0.2, 0.25) is 0 Å². The van der Waals surface area contributed by atoms with Gasteiger partial charge in [-0.15, -0.1) is 0 Å². The van der Waals surface area contributed by atoms with Gasteiger partial charge in [-0.1, -0.05) is 135 Å². The van der Waals surface area contributed by atoms with E-state index in [2.05, 4.69) is 102 Å². The summed E-state index contributed by atoms with van der Waals surface area (Å²) in [6, 6.07) is 46.7. The minimum atomic E-state index is 0.0390. The summed E-state index contributed by atoms with van der Waals surface area (Å²) in [5.74, 6) is 1.97. The summed E-state index contributed by atoms with van der Waals surface area (Å²) < 4.78 is 0. The Morgan fingerprint density at radius 1 is 0.458 bits per heavy atom. The zero-order valence-electron chi connectivity index (χ0n) is 26.5. The minimum absolute atomic E-state index is 0.0390. The maximum absolute atomic E-state index is 7.60. The van der Waals surface area contributed by atoms with Crippen molar-refractivity contribution in [2.75, 3.05) is 0 Å². The van der Waals surface area contributed by atoms with E-state index in [0.717, 1.165) is 40.5 Å². The Morgan fingerprint density at radius 2 is 1.08 bits per heavy atom. The highest BCUT2D eigenvalue weighted by atomic mass is 15.0. The van der Waals surface area contributed by atoms with Crippen LogP contribution in [-0.2, 0) is 5.41 Å². The first-order valence-corrected chi connectivity index (χ1v) is 16.8. The first-order chi connectivity index (χ1) is 23.7. The molecule has 4 nitrogen and oxygen atoms in total. The van der Waals surface area contributed by atoms with E-state index < -0.39 is 0 Å². The molecule has 2 aliphatic rings. The van der Waals surface area contributed by atoms with Crippen LogP contribution >= 0.6 is 0 Å². The fourth-order valence-corrected chi connectivity index (χ4v) is 7.93. The van der Waals surface area contributed by atoms with Gasteiger partial charge in [0, 0.05) is 22.1 Å². The van der Waals surface area contributed by atoms with Gasteiger partial charge in [0.1, 0.15) is 0 Å². The second-order valence-electron chi connectivity index (χ2n) is 13.1. The molecule has 0 radical (unpaired) electrons. The van der Waals surface area contributed by atoms with E-state index in [-0.39, 0.29) is 5.41 Å². The van der Waals surface area contributed by atoms with Gasteiger partial charge in [-0.2, -0.15) is 0 Å². The fraction of sp³-hybridized carbons (Fsp3) is 0.136. The third-order valence-corrected chi connectivity index (χ3v) is 10.3. The molecule has 2 aliphatic carbocycles. The van der Waals surface area contributed by atoms with Gasteiger partial charge in [0.2, 0.25) is 0 Å². The van der Waals surface area contributed by atoms with Crippen LogP contribution in [0.3, 0.4) is 0 Å². The third-order valence-electron chi connectivity index (χ3n) is 10.3. The van der Waals surface area contributed by atoms with E-state index in [1.807, 2.05) is 36.4 Å². The van der Waals surface area contributed by atoms with Gasteiger partial charge >= 0.3 is 0 Å². The highest BCUT2D eigenvalue weighted by molar-refractivity contribution is 5.87. The standard InChI is InChI=1S/C44H32N4/c1-45-36-21-23-39-38(28-36)37-22-20-34(27-40(37)44(39)24-8-3-9-25-44)30-14-17-32(18-15-30)42-46-41(31-11-4-2-5-12-31)47-43(48-42)35-19-16-29-10-6-7-13-33(29)26-35/h2,4-7,10-23,26-28H,3,8-9,24-25H2. The molecule has 0 saturated heterocycles. The van der Waals surface area contributed by atoms with E-state index in [1.165, 1.54) is 52.5 Å². The number of fused-ring (bicyclic) bond motifs is 6. The van der Waals surface area contributed by atoms with Gasteiger partial charge in [0.25, 0.3) is 0 Å². The molecule has 228 valence electrons. The van der Waals surface area contributed by atoms with Crippen molar-refractivity contribution in [2.24, 2.45) is 0 Å². The minimum Gasteiger partial charge on any atom is -0.238 e. The third kappa shape index (κ3) is 4.70. The van der Waals surface area contributed by atoms with Crippen LogP contribution in [0.25, 0.3) is 72.0 Å². The second kappa shape index (κ2) is 11.4. The molecule has 1 aromatic heterocycles. The zero-order valence-corrected chi connectivity index (χ0v) is 26.5. The summed E-state index contributed by atoms with van der Waals surface area (Å²) in [6.45, 7) is 7.60. The SMILES string of the molecule is [C-]#[N+]c1ccc2c(c1)-c1ccc(-c3ccc(-c4nc(-c5ccccc5)nc(-c5ccc6ccccc6c5)n4)cc3)cc1C21CCCCC1. The monoisotopic (exact) mass is 616 g/mol. The van der Waals surface area contributed by atoms with Gasteiger partial charge < -0.3 is 0 Å². The maximum Gasteiger partial charge on any atom is 0.187 e. The van der Waals surface area contributed by atoms with Crippen molar-refractivity contribution in [1.29, 1.82) is 0 Å². The largest absolute Gasteiger partial charge is 0.238 e. The number of aromatic nitrogens is 3. The summed E-state index contributed by atoms with van der Waals surface area (Å²) in [7, 11) is 0. The highest BCUT2D eigenvalue weighted by Gasteiger charge is 2.43. The van der Waals surface area contributed by atoms with E-state index in [4.69, 9.17) is 21.5 Å². The summed E-state index contributed by atoms with van der Waals surface area (Å²) >= 11 is 0. The van der Waals surface area contributed by atoms with Gasteiger partial charge in [0.05, 0.1) is 6.57 Å². The van der Waals surface area contributed by atoms with Crippen molar-refractivity contribution < 1.29 is 0 Å². The lowest BCUT2D eigenvalue weighted by Crippen LogP contribution is -2.28. The Hall–Kier alpha value is -5.92. The molecule has 6 aromatic carbocycles. The molecular formula is C44H32N4. The Kier molecular flexibility index (Phi) is 6.73. The number of nitrogens with zero attached hydrogens (tertiary/aromatic N) is 4. The van der Waals surface area contributed by atoms with Crippen LogP contribution in [0.1, 0.15) is 43.2 Å². The van der Waals surface area contributed by atoms with Crippen molar-refractivity contribution in [1.82, 2.24) is 15.0 Å². The predicted molar refractivity (Wildman–Crippen MR) is 195 cm³/mol. The fourth-order valence-electron chi connectivity index (χ4n) is 7.93. The van der Waals surface area contributed by atoms with Crippen LogP contribution in [0, 0.1) is 6.57 Å². The topological polar surface area (TPSA) is 43.0 Å². The molecule has 0 atom stereocenters. The Labute approximate surface area is 280 Å². The lowest BCUT2D eigenvalue weighted by Gasteiger charge is -2.36. The number of rotatable bonds is 4. The molecule has 48 heavy (non-hydrogen) atoms. The molecule has 0 bridgehead atoms. The molecule has 1 heterocycles. The van der Waals surface area contributed by atoms with Crippen molar-refractivity contribution in [3.8, 4) is 56.4 Å². The lowest BCUT2D eigenvalue weighted by atomic mass is 9.67. The zero-order chi connectivity index (χ0) is 32.1. The first kappa shape index (κ1) is 28.3. The van der Waals surface area contributed by atoms with E-state index in [9.17, 15) is 0 Å². The average molecular weight is 617 g/mol. The Balaban J connectivity index is 1.11. The molecule has 0 amide bonds. The molecule has 1 saturated carbocycles. The molecule has 0 unspecified atom stereocenters. The van der Waals surface area contributed by atoms with Gasteiger partial charge in [0.15, 0.2) is 23.2 Å². The average Bonchev–Trinajstić information content (AvgIpc) is 3.42. The maximum atomic E-state index is 7.60. The molecule has 0 aliphatic heterocycles. The van der Waals surface area contributed by atoms with E-state index in [0.29, 0.717) is 23.2 Å². The van der Waals surface area contributed by atoms with Gasteiger partial charge in [-0.25, -0.2) is 19.8 Å². The van der Waals surface area contributed by atoms with E-state index in [1.54, 1.807) is 0 Å². The number of hydrogen-bond acceptors (Lipinski definition) is 3. The summed E-state index contributed by atoms with van der Waals surface area (Å²) in [6.07, 6.45) is 6.09.